The van der Waals surface area contributed by atoms with Gasteiger partial charge in [0.05, 0.1) is 0 Å². The lowest BCUT2D eigenvalue weighted by Crippen LogP contribution is -2.38. The number of nitrogens with zero attached hydrogens (tertiary/aromatic N) is 4. The van der Waals surface area contributed by atoms with E-state index >= 15 is 0 Å². The fourth-order valence-corrected chi connectivity index (χ4v) is 3.84. The van der Waals surface area contributed by atoms with Crippen LogP contribution in [0.3, 0.4) is 0 Å². The second-order valence-electron chi connectivity index (χ2n) is 4.11. The molecule has 8 nitrogen and oxygen atoms in total. The van der Waals surface area contributed by atoms with Crippen molar-refractivity contribution in [2.24, 2.45) is 13.0 Å². The van der Waals surface area contributed by atoms with Crippen molar-refractivity contribution in [1.29, 1.82) is 0 Å². The zero-order valence-electron chi connectivity index (χ0n) is 11.1. The van der Waals surface area contributed by atoms with Crippen LogP contribution in [0.2, 0.25) is 0 Å². The molecule has 108 valence electrons. The molecule has 1 unspecified atom stereocenters. The van der Waals surface area contributed by atoms with Crippen LogP contribution in [-0.4, -0.2) is 54.3 Å². The number of aromatic nitrogens is 3. The molecule has 0 aromatic carbocycles. The molecule has 19 heavy (non-hydrogen) atoms. The molecule has 0 aliphatic carbocycles. The Labute approximate surface area is 120 Å². The van der Waals surface area contributed by atoms with Crippen LogP contribution in [0.5, 0.6) is 0 Å². The van der Waals surface area contributed by atoms with Crippen LogP contribution in [0.4, 0.5) is 0 Å². The second-order valence-corrected chi connectivity index (χ2v) is 6.82. The van der Waals surface area contributed by atoms with Gasteiger partial charge in [0.2, 0.25) is 10.9 Å². The molecule has 10 heteroatoms. The molecule has 0 bridgehead atoms. The number of rotatable bonds is 5. The van der Waals surface area contributed by atoms with Gasteiger partial charge in [0, 0.05) is 33.6 Å². The van der Waals surface area contributed by atoms with Gasteiger partial charge in [0.1, 0.15) is 0 Å². The molecule has 1 amide bonds. The lowest BCUT2D eigenvalue weighted by molar-refractivity contribution is -0.124. The van der Waals surface area contributed by atoms with Gasteiger partial charge in [0.15, 0.2) is 4.60 Å². The molecule has 0 saturated heterocycles. The van der Waals surface area contributed by atoms with E-state index in [1.165, 1.54) is 25.8 Å². The Hall–Kier alpha value is -1.00. The smallest absolute Gasteiger partial charge is 0.262 e. The van der Waals surface area contributed by atoms with E-state index in [2.05, 4.69) is 31.6 Å². The van der Waals surface area contributed by atoms with Crippen molar-refractivity contribution < 1.29 is 13.2 Å². The molecule has 0 aliphatic rings. The summed E-state index contributed by atoms with van der Waals surface area (Å²) in [5.74, 6) is -0.672. The van der Waals surface area contributed by atoms with Crippen molar-refractivity contribution in [3.63, 3.8) is 0 Å². The molecule has 1 rings (SSSR count). The minimum absolute atomic E-state index is 0.0425. The molecule has 1 N–H and O–H groups in total. The first-order valence-electron chi connectivity index (χ1n) is 5.45. The number of hydrogen-bond acceptors (Lipinski definition) is 5. The number of halogens is 1. The highest BCUT2D eigenvalue weighted by molar-refractivity contribution is 9.10. The number of hydrogen-bond donors (Lipinski definition) is 1. The molecule has 0 spiro atoms. The van der Waals surface area contributed by atoms with Gasteiger partial charge in [-0.2, -0.15) is 4.31 Å². The molecule has 1 aromatic heterocycles. The van der Waals surface area contributed by atoms with Crippen LogP contribution in [0.25, 0.3) is 0 Å². The molecule has 0 fully saturated rings. The first-order chi connectivity index (χ1) is 8.71. The lowest BCUT2D eigenvalue weighted by Gasteiger charge is -2.20. The van der Waals surface area contributed by atoms with Crippen molar-refractivity contribution in [2.45, 2.75) is 11.9 Å². The van der Waals surface area contributed by atoms with Crippen LogP contribution in [-0.2, 0) is 21.9 Å². The number of nitrogens with one attached hydrogen (secondary N) is 1. The Balaban J connectivity index is 2.99. The van der Waals surface area contributed by atoms with Crippen molar-refractivity contribution in [2.75, 3.05) is 20.6 Å². The van der Waals surface area contributed by atoms with Crippen LogP contribution < -0.4 is 5.32 Å². The summed E-state index contributed by atoms with van der Waals surface area (Å²) in [6, 6.07) is 0. The predicted octanol–water partition coefficient (Wildman–Crippen LogP) is -0.420. The van der Waals surface area contributed by atoms with Gasteiger partial charge >= 0.3 is 0 Å². The summed E-state index contributed by atoms with van der Waals surface area (Å²) in [4.78, 5) is 11.4. The van der Waals surface area contributed by atoms with E-state index in [0.717, 1.165) is 4.31 Å². The van der Waals surface area contributed by atoms with Crippen molar-refractivity contribution >= 4 is 31.9 Å². The maximum atomic E-state index is 12.3. The highest BCUT2D eigenvalue weighted by Gasteiger charge is 2.30. The molecule has 0 aliphatic heterocycles. The Morgan fingerprint density at radius 1 is 1.58 bits per heavy atom. The summed E-state index contributed by atoms with van der Waals surface area (Å²) in [6.07, 6.45) is 0. The average molecular weight is 354 g/mol. The minimum atomic E-state index is -3.75. The largest absolute Gasteiger partial charge is 0.359 e. The number of aryl methyl sites for hydroxylation is 1. The van der Waals surface area contributed by atoms with Crippen molar-refractivity contribution in [3.05, 3.63) is 4.60 Å². The molecule has 0 saturated carbocycles. The third-order valence-corrected chi connectivity index (χ3v) is 5.33. The topological polar surface area (TPSA) is 97.2 Å². The molecular formula is C9H16BrN5O3S. The SMILES string of the molecule is CNC(=O)C(C)CN(C)S(=O)(=O)c1c(Br)nnn1C. The van der Waals surface area contributed by atoms with Gasteiger partial charge < -0.3 is 5.32 Å². The normalized spacial score (nSPS) is 13.6. The number of sulfonamides is 1. The Bertz CT molecular complexity index is 551. The average Bonchev–Trinajstić information content (AvgIpc) is 2.68. The van der Waals surface area contributed by atoms with Gasteiger partial charge in [-0.25, -0.2) is 13.1 Å². The van der Waals surface area contributed by atoms with Gasteiger partial charge in [-0.1, -0.05) is 12.1 Å². The molecule has 1 heterocycles. The van der Waals surface area contributed by atoms with Crippen LogP contribution in [0, 0.1) is 5.92 Å². The second kappa shape index (κ2) is 5.97. The van der Waals surface area contributed by atoms with Crippen molar-refractivity contribution in [1.82, 2.24) is 24.6 Å². The van der Waals surface area contributed by atoms with Gasteiger partial charge in [0.25, 0.3) is 10.0 Å². The number of carbonyl (C=O) groups excluding carboxylic acids is 1. The van der Waals surface area contributed by atoms with Gasteiger partial charge in [-0.05, 0) is 15.9 Å². The summed E-state index contributed by atoms with van der Waals surface area (Å²) in [6.45, 7) is 1.72. The first kappa shape index (κ1) is 16.1. The first-order valence-corrected chi connectivity index (χ1v) is 7.68. The molecule has 1 aromatic rings. The Morgan fingerprint density at radius 3 is 2.58 bits per heavy atom. The predicted molar refractivity (Wildman–Crippen MR) is 71.7 cm³/mol. The van der Waals surface area contributed by atoms with Crippen LogP contribution in [0.1, 0.15) is 6.92 Å². The maximum Gasteiger partial charge on any atom is 0.262 e. The van der Waals surface area contributed by atoms with Crippen molar-refractivity contribution in [3.8, 4) is 0 Å². The Morgan fingerprint density at radius 2 is 2.16 bits per heavy atom. The van der Waals surface area contributed by atoms with E-state index in [1.54, 1.807) is 6.92 Å². The standard InChI is InChI=1S/C9H16BrN5O3S/c1-6(8(16)11-2)5-14(3)19(17,18)9-7(10)12-13-15(9)4/h6H,5H2,1-4H3,(H,11,16). The van der Waals surface area contributed by atoms with E-state index in [0.29, 0.717) is 0 Å². The summed E-state index contributed by atoms with van der Waals surface area (Å²) in [5, 5.41) is 9.71. The number of carbonyl (C=O) groups is 1. The van der Waals surface area contributed by atoms with E-state index in [4.69, 9.17) is 0 Å². The fraction of sp³-hybridized carbons (Fsp3) is 0.667. The van der Waals surface area contributed by atoms with Gasteiger partial charge in [-0.15, -0.1) is 5.10 Å². The molecule has 0 radical (unpaired) electrons. The van der Waals surface area contributed by atoms with Crippen LogP contribution in [0.15, 0.2) is 9.63 Å². The zero-order chi connectivity index (χ0) is 14.8. The quantitative estimate of drug-likeness (QED) is 0.775. The number of amides is 1. The van der Waals surface area contributed by atoms with Crippen LogP contribution >= 0.6 is 15.9 Å². The summed E-state index contributed by atoms with van der Waals surface area (Å²) < 4.78 is 27.1. The highest BCUT2D eigenvalue weighted by atomic mass is 79.9. The van der Waals surface area contributed by atoms with E-state index in [1.807, 2.05) is 0 Å². The van der Waals surface area contributed by atoms with Gasteiger partial charge in [-0.3, -0.25) is 4.79 Å². The molecular weight excluding hydrogens is 338 g/mol. The van der Waals surface area contributed by atoms with E-state index < -0.39 is 15.9 Å². The summed E-state index contributed by atoms with van der Waals surface area (Å²) in [5.41, 5.74) is 0. The zero-order valence-corrected chi connectivity index (χ0v) is 13.5. The maximum absolute atomic E-state index is 12.3. The Kier molecular flexibility index (Phi) is 5.04. The summed E-state index contributed by atoms with van der Waals surface area (Å²) in [7, 11) is 0.657. The minimum Gasteiger partial charge on any atom is -0.359 e. The van der Waals surface area contributed by atoms with E-state index in [9.17, 15) is 13.2 Å². The van der Waals surface area contributed by atoms with E-state index in [-0.39, 0.29) is 22.1 Å². The lowest BCUT2D eigenvalue weighted by atomic mass is 10.2. The third-order valence-electron chi connectivity index (χ3n) is 2.62. The molecule has 1 atom stereocenters. The highest BCUT2D eigenvalue weighted by Crippen LogP contribution is 2.21. The fourth-order valence-electron chi connectivity index (χ4n) is 1.56. The third kappa shape index (κ3) is 3.31. The monoisotopic (exact) mass is 353 g/mol. The summed E-state index contributed by atoms with van der Waals surface area (Å²) >= 11 is 3.05.